The van der Waals surface area contributed by atoms with Crippen molar-refractivity contribution in [1.29, 1.82) is 0 Å². The smallest absolute Gasteiger partial charge is 0.0576 e. The van der Waals surface area contributed by atoms with Gasteiger partial charge in [-0.3, -0.25) is 4.98 Å². The molecule has 0 amide bonds. The number of aliphatic hydroxyl groups excluding tert-OH is 1. The summed E-state index contributed by atoms with van der Waals surface area (Å²) in [4.78, 5) is 6.33. The quantitative estimate of drug-likeness (QED) is 0.753. The van der Waals surface area contributed by atoms with E-state index in [4.69, 9.17) is 5.11 Å². The standard InChI is InChI=1S/C10H16N2O/c1-12(2)10(6-8-13)9-5-3-4-7-11-9/h3-5,7,10,13H,6,8H2,1-2H3. The van der Waals surface area contributed by atoms with E-state index >= 15 is 0 Å². The lowest BCUT2D eigenvalue weighted by atomic mass is 10.1. The lowest BCUT2D eigenvalue weighted by molar-refractivity contribution is 0.208. The summed E-state index contributed by atoms with van der Waals surface area (Å²) in [6.07, 6.45) is 2.51. The maximum absolute atomic E-state index is 8.89. The molecule has 0 aliphatic rings. The van der Waals surface area contributed by atoms with E-state index in [0.29, 0.717) is 0 Å². The third-order valence-electron chi connectivity index (χ3n) is 2.06. The van der Waals surface area contributed by atoms with E-state index in [2.05, 4.69) is 9.88 Å². The Labute approximate surface area is 79.0 Å². The van der Waals surface area contributed by atoms with E-state index < -0.39 is 0 Å². The van der Waals surface area contributed by atoms with Gasteiger partial charge in [-0.25, -0.2) is 0 Å². The molecule has 0 aliphatic heterocycles. The van der Waals surface area contributed by atoms with Crippen LogP contribution in [0.2, 0.25) is 0 Å². The van der Waals surface area contributed by atoms with E-state index in [-0.39, 0.29) is 12.6 Å². The van der Waals surface area contributed by atoms with Crippen molar-refractivity contribution in [2.24, 2.45) is 0 Å². The summed E-state index contributed by atoms with van der Waals surface area (Å²) in [6.45, 7) is 0.194. The molecule has 0 aromatic carbocycles. The van der Waals surface area contributed by atoms with Crippen LogP contribution in [0.3, 0.4) is 0 Å². The molecule has 0 saturated carbocycles. The van der Waals surface area contributed by atoms with E-state index in [1.807, 2.05) is 32.3 Å². The first-order chi connectivity index (χ1) is 6.25. The van der Waals surface area contributed by atoms with Crippen molar-refractivity contribution in [3.05, 3.63) is 30.1 Å². The van der Waals surface area contributed by atoms with E-state index in [0.717, 1.165) is 12.1 Å². The molecule has 1 N–H and O–H groups in total. The molecule has 0 bridgehead atoms. The fourth-order valence-corrected chi connectivity index (χ4v) is 1.37. The van der Waals surface area contributed by atoms with Gasteiger partial charge in [-0.15, -0.1) is 0 Å². The second-order valence-electron chi connectivity index (χ2n) is 3.25. The molecule has 1 rings (SSSR count). The fraction of sp³-hybridized carbons (Fsp3) is 0.500. The molecule has 13 heavy (non-hydrogen) atoms. The van der Waals surface area contributed by atoms with E-state index in [1.165, 1.54) is 0 Å². The normalized spacial score (nSPS) is 13.2. The van der Waals surface area contributed by atoms with Crippen molar-refractivity contribution in [2.75, 3.05) is 20.7 Å². The van der Waals surface area contributed by atoms with Crippen molar-refractivity contribution < 1.29 is 5.11 Å². The molecule has 1 heterocycles. The SMILES string of the molecule is CN(C)C(CCO)c1ccccn1. The number of aromatic nitrogens is 1. The average molecular weight is 180 g/mol. The van der Waals surface area contributed by atoms with Gasteiger partial charge in [0.1, 0.15) is 0 Å². The highest BCUT2D eigenvalue weighted by molar-refractivity contribution is 5.08. The number of hydrogen-bond donors (Lipinski definition) is 1. The molecule has 1 aromatic rings. The molecule has 72 valence electrons. The third-order valence-corrected chi connectivity index (χ3v) is 2.06. The molecule has 0 radical (unpaired) electrons. The summed E-state index contributed by atoms with van der Waals surface area (Å²) in [5.74, 6) is 0. The predicted molar refractivity (Wildman–Crippen MR) is 52.4 cm³/mol. The zero-order chi connectivity index (χ0) is 9.68. The molecule has 1 aromatic heterocycles. The van der Waals surface area contributed by atoms with Gasteiger partial charge in [-0.2, -0.15) is 0 Å². The molecule has 1 atom stereocenters. The molecule has 0 aliphatic carbocycles. The Bertz CT molecular complexity index is 236. The summed E-state index contributed by atoms with van der Waals surface area (Å²) in [6, 6.07) is 6.07. The highest BCUT2D eigenvalue weighted by Crippen LogP contribution is 2.18. The minimum absolute atomic E-state index is 0.194. The van der Waals surface area contributed by atoms with Gasteiger partial charge in [0.25, 0.3) is 0 Å². The maximum atomic E-state index is 8.89. The lowest BCUT2D eigenvalue weighted by Crippen LogP contribution is -2.21. The summed E-state index contributed by atoms with van der Waals surface area (Å²) in [7, 11) is 3.99. The Morgan fingerprint density at radius 3 is 2.69 bits per heavy atom. The van der Waals surface area contributed by atoms with Gasteiger partial charge < -0.3 is 10.0 Å². The number of hydrogen-bond acceptors (Lipinski definition) is 3. The van der Waals surface area contributed by atoms with E-state index in [9.17, 15) is 0 Å². The van der Waals surface area contributed by atoms with Crippen molar-refractivity contribution in [3.8, 4) is 0 Å². The predicted octanol–water partition coefficient (Wildman–Crippen LogP) is 1.07. The van der Waals surface area contributed by atoms with Gasteiger partial charge >= 0.3 is 0 Å². The zero-order valence-electron chi connectivity index (χ0n) is 8.14. The van der Waals surface area contributed by atoms with Gasteiger partial charge in [0.15, 0.2) is 0 Å². The maximum Gasteiger partial charge on any atom is 0.0576 e. The molecule has 1 unspecified atom stereocenters. The van der Waals surface area contributed by atoms with Crippen LogP contribution in [-0.2, 0) is 0 Å². The fourth-order valence-electron chi connectivity index (χ4n) is 1.37. The van der Waals surface area contributed by atoms with Crippen LogP contribution in [0.25, 0.3) is 0 Å². The van der Waals surface area contributed by atoms with Crippen LogP contribution in [0.4, 0.5) is 0 Å². The Kier molecular flexibility index (Phi) is 3.86. The molecule has 0 spiro atoms. The number of nitrogens with zero attached hydrogens (tertiary/aromatic N) is 2. The molecular formula is C10H16N2O. The molecule has 3 nitrogen and oxygen atoms in total. The van der Waals surface area contributed by atoms with Crippen LogP contribution in [0, 0.1) is 0 Å². The van der Waals surface area contributed by atoms with E-state index in [1.54, 1.807) is 6.20 Å². The van der Waals surface area contributed by atoms with Crippen molar-refractivity contribution in [3.63, 3.8) is 0 Å². The van der Waals surface area contributed by atoms with Crippen molar-refractivity contribution in [2.45, 2.75) is 12.5 Å². The summed E-state index contributed by atoms with van der Waals surface area (Å²) in [5.41, 5.74) is 1.02. The molecule has 0 saturated heterocycles. The van der Waals surface area contributed by atoms with Crippen molar-refractivity contribution in [1.82, 2.24) is 9.88 Å². The third kappa shape index (κ3) is 2.79. The van der Waals surface area contributed by atoms with Crippen molar-refractivity contribution >= 4 is 0 Å². The monoisotopic (exact) mass is 180 g/mol. The van der Waals surface area contributed by atoms with Crippen LogP contribution in [-0.4, -0.2) is 35.7 Å². The van der Waals surface area contributed by atoms with Gasteiger partial charge in [0, 0.05) is 12.8 Å². The van der Waals surface area contributed by atoms with Crippen LogP contribution in [0.15, 0.2) is 24.4 Å². The minimum Gasteiger partial charge on any atom is -0.396 e. The zero-order valence-corrected chi connectivity index (χ0v) is 8.14. The number of aliphatic hydroxyl groups is 1. The second kappa shape index (κ2) is 4.94. The Hall–Kier alpha value is -0.930. The van der Waals surface area contributed by atoms with Gasteiger partial charge in [-0.05, 0) is 32.6 Å². The first-order valence-corrected chi connectivity index (χ1v) is 4.44. The topological polar surface area (TPSA) is 36.4 Å². The first-order valence-electron chi connectivity index (χ1n) is 4.44. The average Bonchev–Trinajstić information content (AvgIpc) is 2.15. The molecular weight excluding hydrogens is 164 g/mol. The molecule has 3 heteroatoms. The van der Waals surface area contributed by atoms with Crippen LogP contribution in [0.1, 0.15) is 18.2 Å². The van der Waals surface area contributed by atoms with Gasteiger partial charge in [0.2, 0.25) is 0 Å². The second-order valence-corrected chi connectivity index (χ2v) is 3.25. The van der Waals surface area contributed by atoms with Gasteiger partial charge in [0.05, 0.1) is 11.7 Å². The minimum atomic E-state index is 0.194. The highest BCUT2D eigenvalue weighted by Gasteiger charge is 2.13. The number of pyridine rings is 1. The Morgan fingerprint density at radius 2 is 2.23 bits per heavy atom. The first kappa shape index (κ1) is 10.2. The molecule has 0 fully saturated rings. The van der Waals surface area contributed by atoms with Gasteiger partial charge in [-0.1, -0.05) is 6.07 Å². The van der Waals surface area contributed by atoms with Crippen LogP contribution >= 0.6 is 0 Å². The summed E-state index contributed by atoms with van der Waals surface area (Å²) in [5, 5.41) is 8.89. The largest absolute Gasteiger partial charge is 0.396 e. The summed E-state index contributed by atoms with van der Waals surface area (Å²) < 4.78 is 0. The highest BCUT2D eigenvalue weighted by atomic mass is 16.3. The summed E-state index contributed by atoms with van der Waals surface area (Å²) >= 11 is 0. The Morgan fingerprint density at radius 1 is 1.46 bits per heavy atom. The van der Waals surface area contributed by atoms with Crippen LogP contribution in [0.5, 0.6) is 0 Å². The number of rotatable bonds is 4. The lowest BCUT2D eigenvalue weighted by Gasteiger charge is -2.22. The Balaban J connectivity index is 2.76. The van der Waals surface area contributed by atoms with Crippen LogP contribution < -0.4 is 0 Å².